The maximum Gasteiger partial charge on any atom is 0.365 e. The molecule has 0 spiro atoms. The lowest BCUT2D eigenvalue weighted by Gasteiger charge is -1.97. The third kappa shape index (κ3) is 1.94. The van der Waals surface area contributed by atoms with Crippen molar-refractivity contribution in [3.05, 3.63) is 49.2 Å². The Balaban J connectivity index is 2.64. The van der Waals surface area contributed by atoms with Crippen molar-refractivity contribution >= 4 is 28.6 Å². The van der Waals surface area contributed by atoms with E-state index >= 15 is 0 Å². The predicted molar refractivity (Wildman–Crippen MR) is 63.5 cm³/mol. The highest BCUT2D eigenvalue weighted by Gasteiger charge is 1.99. The average molecular weight is 282 g/mol. The van der Waals surface area contributed by atoms with Crippen molar-refractivity contribution < 1.29 is 9.63 Å². The minimum Gasteiger partial charge on any atom is -0.507 e. The highest BCUT2D eigenvalue weighted by Crippen LogP contribution is 2.24. The smallest absolute Gasteiger partial charge is 0.365 e. The molecule has 0 amide bonds. The molecule has 82 valence electrons. The third-order valence-corrected chi connectivity index (χ3v) is 2.73. The number of rotatable bonds is 1. The molecule has 4 nitrogen and oxygen atoms in total. The Bertz CT molecular complexity index is 653. The van der Waals surface area contributed by atoms with Gasteiger partial charge in [0.2, 0.25) is 0 Å². The fourth-order valence-electron chi connectivity index (χ4n) is 1.27. The normalized spacial score (nSPS) is 11.9. The zero-order valence-electron chi connectivity index (χ0n) is 8.16. The number of phenolic OH excluding ortho intramolecular Hbond substituents is 1. The van der Waals surface area contributed by atoms with Crippen LogP contribution in [0.3, 0.4) is 0 Å². The standard InChI is InChI=1S/C11H8BrNO3/c1-6-8(11(15)16-13-6)4-7-2-3-10(14)9(12)5-7/h2-5,13-14H,1H2. The summed E-state index contributed by atoms with van der Waals surface area (Å²) in [7, 11) is 0. The summed E-state index contributed by atoms with van der Waals surface area (Å²) in [5.41, 5.74) is 0.302. The fraction of sp³-hybridized carbons (Fsp3) is 0. The maximum atomic E-state index is 11.3. The van der Waals surface area contributed by atoms with Crippen LogP contribution in [-0.2, 0) is 0 Å². The molecule has 1 aromatic carbocycles. The maximum absolute atomic E-state index is 11.3. The molecule has 0 saturated carbocycles. The van der Waals surface area contributed by atoms with Gasteiger partial charge >= 0.3 is 5.63 Å². The van der Waals surface area contributed by atoms with Crippen molar-refractivity contribution in [2.45, 2.75) is 0 Å². The zero-order valence-corrected chi connectivity index (χ0v) is 9.74. The number of aromatic amines is 1. The molecular formula is C11H8BrNO3. The van der Waals surface area contributed by atoms with Crippen LogP contribution in [0.15, 0.2) is 32.0 Å². The number of hydrogen-bond acceptors (Lipinski definition) is 3. The van der Waals surface area contributed by atoms with Crippen LogP contribution < -0.4 is 16.2 Å². The number of halogens is 1. The average Bonchev–Trinajstić information content (AvgIpc) is 2.55. The molecule has 0 fully saturated rings. The van der Waals surface area contributed by atoms with E-state index in [-0.39, 0.29) is 5.75 Å². The van der Waals surface area contributed by atoms with Crippen molar-refractivity contribution in [2.75, 3.05) is 0 Å². The van der Waals surface area contributed by atoms with E-state index in [9.17, 15) is 9.90 Å². The van der Waals surface area contributed by atoms with Gasteiger partial charge in [0.1, 0.15) is 5.75 Å². The Labute approximate surface area is 98.6 Å². The van der Waals surface area contributed by atoms with Crippen molar-refractivity contribution in [1.29, 1.82) is 0 Å². The first-order valence-corrected chi connectivity index (χ1v) is 5.24. The van der Waals surface area contributed by atoms with Crippen LogP contribution in [-0.4, -0.2) is 10.3 Å². The molecule has 0 atom stereocenters. The molecule has 0 aliphatic carbocycles. The van der Waals surface area contributed by atoms with Gasteiger partial charge in [0.15, 0.2) is 0 Å². The summed E-state index contributed by atoms with van der Waals surface area (Å²) in [5.74, 6) is 0.146. The summed E-state index contributed by atoms with van der Waals surface area (Å²) in [5, 5.41) is 12.5. The van der Waals surface area contributed by atoms with E-state index in [0.717, 1.165) is 5.56 Å². The highest BCUT2D eigenvalue weighted by atomic mass is 79.9. The van der Waals surface area contributed by atoms with Gasteiger partial charge in [-0.05, 0) is 39.7 Å². The van der Waals surface area contributed by atoms with Gasteiger partial charge in [-0.1, -0.05) is 12.6 Å². The summed E-state index contributed by atoms with van der Waals surface area (Å²) >= 11 is 3.19. The Morgan fingerprint density at radius 1 is 1.50 bits per heavy atom. The molecule has 16 heavy (non-hydrogen) atoms. The first kappa shape index (κ1) is 10.8. The zero-order chi connectivity index (χ0) is 11.7. The van der Waals surface area contributed by atoms with Crippen molar-refractivity contribution in [2.24, 2.45) is 0 Å². The third-order valence-electron chi connectivity index (χ3n) is 2.09. The Kier molecular flexibility index (Phi) is 2.70. The van der Waals surface area contributed by atoms with E-state index < -0.39 is 5.63 Å². The van der Waals surface area contributed by atoms with Gasteiger partial charge < -0.3 is 9.63 Å². The van der Waals surface area contributed by atoms with E-state index in [1.165, 1.54) is 6.07 Å². The number of aromatic nitrogens is 1. The number of aromatic hydroxyl groups is 1. The fourth-order valence-corrected chi connectivity index (χ4v) is 1.66. The summed E-state index contributed by atoms with van der Waals surface area (Å²) < 4.78 is 5.15. The van der Waals surface area contributed by atoms with Crippen LogP contribution in [0.25, 0.3) is 12.7 Å². The molecule has 1 aromatic heterocycles. The SMILES string of the molecule is C=c1[nH]oc(=O)c1=Cc1ccc(O)c(Br)c1. The molecule has 0 saturated heterocycles. The van der Waals surface area contributed by atoms with E-state index in [2.05, 4.69) is 32.2 Å². The highest BCUT2D eigenvalue weighted by molar-refractivity contribution is 9.10. The van der Waals surface area contributed by atoms with Crippen LogP contribution in [0.4, 0.5) is 0 Å². The summed E-state index contributed by atoms with van der Waals surface area (Å²) in [6.07, 6.45) is 1.63. The van der Waals surface area contributed by atoms with Gasteiger partial charge in [0.25, 0.3) is 0 Å². The number of nitrogens with one attached hydrogen (secondary N) is 1. The number of hydrogen-bond donors (Lipinski definition) is 2. The monoisotopic (exact) mass is 281 g/mol. The lowest BCUT2D eigenvalue weighted by Crippen LogP contribution is -2.31. The van der Waals surface area contributed by atoms with Crippen molar-refractivity contribution in [3.8, 4) is 5.75 Å². The lowest BCUT2D eigenvalue weighted by molar-refractivity contribution is 0.386. The molecule has 0 radical (unpaired) electrons. The molecule has 0 unspecified atom stereocenters. The quantitative estimate of drug-likeness (QED) is 0.808. The largest absolute Gasteiger partial charge is 0.507 e. The van der Waals surface area contributed by atoms with Crippen LogP contribution in [0, 0.1) is 0 Å². The molecule has 2 rings (SSSR count). The van der Waals surface area contributed by atoms with E-state index in [0.29, 0.717) is 15.0 Å². The van der Waals surface area contributed by atoms with Crippen molar-refractivity contribution in [1.82, 2.24) is 5.16 Å². The first-order chi connectivity index (χ1) is 7.58. The van der Waals surface area contributed by atoms with Crippen LogP contribution in [0.1, 0.15) is 5.56 Å². The predicted octanol–water partition coefficient (Wildman–Crippen LogP) is 0.675. The molecule has 0 aliphatic rings. The molecule has 5 heteroatoms. The Hall–Kier alpha value is -1.75. The van der Waals surface area contributed by atoms with Gasteiger partial charge in [-0.15, -0.1) is 0 Å². The molecule has 1 heterocycles. The summed E-state index contributed by atoms with van der Waals surface area (Å²) in [4.78, 5) is 11.3. The van der Waals surface area contributed by atoms with Gasteiger partial charge in [-0.2, -0.15) is 0 Å². The van der Waals surface area contributed by atoms with Gasteiger partial charge in [-0.25, -0.2) is 9.95 Å². The topological polar surface area (TPSA) is 66.2 Å². The minimum atomic E-state index is -0.464. The van der Waals surface area contributed by atoms with E-state index in [1.807, 2.05) is 0 Å². The first-order valence-electron chi connectivity index (χ1n) is 4.44. The second-order valence-electron chi connectivity index (χ2n) is 3.24. The van der Waals surface area contributed by atoms with Gasteiger partial charge in [0, 0.05) is 0 Å². The van der Waals surface area contributed by atoms with Crippen LogP contribution in [0.5, 0.6) is 5.75 Å². The second kappa shape index (κ2) is 4.02. The van der Waals surface area contributed by atoms with Crippen LogP contribution in [0.2, 0.25) is 0 Å². The Morgan fingerprint density at radius 3 is 2.81 bits per heavy atom. The van der Waals surface area contributed by atoms with Gasteiger partial charge in [0.05, 0.1) is 15.0 Å². The molecule has 0 bridgehead atoms. The summed E-state index contributed by atoms with van der Waals surface area (Å²) in [6, 6.07) is 4.92. The summed E-state index contributed by atoms with van der Waals surface area (Å²) in [6.45, 7) is 3.64. The number of phenols is 1. The van der Waals surface area contributed by atoms with Crippen LogP contribution >= 0.6 is 15.9 Å². The second-order valence-corrected chi connectivity index (χ2v) is 4.09. The number of H-pyrrole nitrogens is 1. The molecular weight excluding hydrogens is 274 g/mol. The Morgan fingerprint density at radius 2 is 2.25 bits per heavy atom. The van der Waals surface area contributed by atoms with Gasteiger partial charge in [-0.3, -0.25) is 0 Å². The van der Waals surface area contributed by atoms with E-state index in [4.69, 9.17) is 0 Å². The number of benzene rings is 1. The lowest BCUT2D eigenvalue weighted by atomic mass is 10.2. The molecule has 2 aromatic rings. The molecule has 2 N–H and O–H groups in total. The minimum absolute atomic E-state index is 0.146. The van der Waals surface area contributed by atoms with E-state index in [1.54, 1.807) is 18.2 Å². The van der Waals surface area contributed by atoms with Crippen molar-refractivity contribution in [3.63, 3.8) is 0 Å². The molecule has 0 aliphatic heterocycles.